The SMILES string of the molecule is COc1ccc(CC(=O)Nc2c(C(=O)N3CCCCCC3)oc3ccccc23)cc1OC. The van der Waals surface area contributed by atoms with Gasteiger partial charge in [-0.05, 0) is 42.7 Å². The van der Waals surface area contributed by atoms with Crippen molar-refractivity contribution in [3.8, 4) is 11.5 Å². The fourth-order valence-corrected chi connectivity index (χ4v) is 4.10. The van der Waals surface area contributed by atoms with E-state index in [-0.39, 0.29) is 24.0 Å². The van der Waals surface area contributed by atoms with Crippen molar-refractivity contribution < 1.29 is 23.5 Å². The Bertz CT molecular complexity index is 1110. The van der Waals surface area contributed by atoms with Crippen molar-refractivity contribution in [2.45, 2.75) is 32.1 Å². The van der Waals surface area contributed by atoms with E-state index < -0.39 is 0 Å². The summed E-state index contributed by atoms with van der Waals surface area (Å²) in [5, 5.41) is 3.65. The number of fused-ring (bicyclic) bond motifs is 1. The summed E-state index contributed by atoms with van der Waals surface area (Å²) in [7, 11) is 3.12. The second-order valence-electron chi connectivity index (χ2n) is 7.92. The Balaban J connectivity index is 1.60. The van der Waals surface area contributed by atoms with E-state index in [1.165, 1.54) is 0 Å². The Morgan fingerprint density at radius 3 is 2.41 bits per heavy atom. The standard InChI is InChI=1S/C25H28N2O5/c1-30-20-12-11-17(15-21(20)31-2)16-22(28)26-23-18-9-5-6-10-19(18)32-24(23)25(29)27-13-7-3-4-8-14-27/h5-6,9-12,15H,3-4,7-8,13-14,16H2,1-2H3,(H,26,28). The zero-order valence-corrected chi connectivity index (χ0v) is 18.5. The van der Waals surface area contributed by atoms with Gasteiger partial charge in [0, 0.05) is 18.5 Å². The number of benzene rings is 2. The molecule has 7 nitrogen and oxygen atoms in total. The molecule has 0 saturated carbocycles. The van der Waals surface area contributed by atoms with Crippen LogP contribution >= 0.6 is 0 Å². The van der Waals surface area contributed by atoms with Crippen molar-refractivity contribution in [2.75, 3.05) is 32.6 Å². The minimum Gasteiger partial charge on any atom is -0.493 e. The first-order valence-corrected chi connectivity index (χ1v) is 10.9. The van der Waals surface area contributed by atoms with Gasteiger partial charge >= 0.3 is 0 Å². The van der Waals surface area contributed by atoms with Crippen molar-refractivity contribution in [3.63, 3.8) is 0 Å². The van der Waals surface area contributed by atoms with Gasteiger partial charge in [-0.15, -0.1) is 0 Å². The molecule has 2 aromatic carbocycles. The lowest BCUT2D eigenvalue weighted by molar-refractivity contribution is -0.115. The molecular formula is C25H28N2O5. The normalized spacial score (nSPS) is 14.1. The maximum Gasteiger partial charge on any atom is 0.291 e. The molecule has 1 fully saturated rings. The number of para-hydroxylation sites is 1. The molecule has 2 heterocycles. The number of furan rings is 1. The molecule has 0 radical (unpaired) electrons. The molecule has 4 rings (SSSR count). The number of hydrogen-bond donors (Lipinski definition) is 1. The predicted molar refractivity (Wildman–Crippen MR) is 122 cm³/mol. The summed E-state index contributed by atoms with van der Waals surface area (Å²) in [6.07, 6.45) is 4.33. The van der Waals surface area contributed by atoms with Gasteiger partial charge in [-0.2, -0.15) is 0 Å². The highest BCUT2D eigenvalue weighted by Crippen LogP contribution is 2.33. The first-order valence-electron chi connectivity index (χ1n) is 10.9. The summed E-state index contributed by atoms with van der Waals surface area (Å²) in [6, 6.07) is 12.7. The van der Waals surface area contributed by atoms with Crippen LogP contribution < -0.4 is 14.8 Å². The van der Waals surface area contributed by atoms with Crippen LogP contribution in [0, 0.1) is 0 Å². The van der Waals surface area contributed by atoms with Crippen molar-refractivity contribution in [3.05, 3.63) is 53.8 Å². The minimum absolute atomic E-state index is 0.122. The van der Waals surface area contributed by atoms with E-state index in [1.807, 2.05) is 29.2 Å². The molecule has 1 aliphatic heterocycles. The van der Waals surface area contributed by atoms with Crippen LogP contribution in [0.5, 0.6) is 11.5 Å². The number of nitrogens with zero attached hydrogens (tertiary/aromatic N) is 1. The van der Waals surface area contributed by atoms with Gasteiger partial charge in [-0.3, -0.25) is 9.59 Å². The highest BCUT2D eigenvalue weighted by Gasteiger charge is 2.27. The Kier molecular flexibility index (Phi) is 6.63. The molecule has 1 N–H and O–H groups in total. The number of carbonyl (C=O) groups is 2. The number of ether oxygens (including phenoxy) is 2. The molecule has 1 aliphatic rings. The smallest absolute Gasteiger partial charge is 0.291 e. The highest BCUT2D eigenvalue weighted by atomic mass is 16.5. The third kappa shape index (κ3) is 4.56. The second-order valence-corrected chi connectivity index (χ2v) is 7.92. The maximum absolute atomic E-state index is 13.3. The number of carbonyl (C=O) groups excluding carboxylic acids is 2. The zero-order chi connectivity index (χ0) is 22.5. The van der Waals surface area contributed by atoms with E-state index in [9.17, 15) is 9.59 Å². The molecule has 2 amide bonds. The van der Waals surface area contributed by atoms with Crippen LogP contribution in [-0.2, 0) is 11.2 Å². The quantitative estimate of drug-likeness (QED) is 0.608. The lowest BCUT2D eigenvalue weighted by Gasteiger charge is -2.19. The van der Waals surface area contributed by atoms with E-state index >= 15 is 0 Å². The van der Waals surface area contributed by atoms with Crippen molar-refractivity contribution in [2.24, 2.45) is 0 Å². The minimum atomic E-state index is -0.242. The van der Waals surface area contributed by atoms with Gasteiger partial charge in [0.2, 0.25) is 11.7 Å². The third-order valence-electron chi connectivity index (χ3n) is 5.76. The van der Waals surface area contributed by atoms with Crippen LogP contribution in [0.1, 0.15) is 41.8 Å². The molecule has 1 saturated heterocycles. The van der Waals surface area contributed by atoms with E-state index in [0.29, 0.717) is 41.2 Å². The molecule has 168 valence electrons. The number of methoxy groups -OCH3 is 2. The number of amides is 2. The Hall–Kier alpha value is -3.48. The van der Waals surface area contributed by atoms with Crippen LogP contribution in [-0.4, -0.2) is 44.0 Å². The van der Waals surface area contributed by atoms with Crippen LogP contribution in [0.4, 0.5) is 5.69 Å². The van der Waals surface area contributed by atoms with Gasteiger partial charge in [0.1, 0.15) is 11.3 Å². The van der Waals surface area contributed by atoms with Crippen molar-refractivity contribution in [1.29, 1.82) is 0 Å². The molecule has 1 aromatic heterocycles. The number of rotatable bonds is 6. The first-order chi connectivity index (χ1) is 15.6. The molecule has 7 heteroatoms. The second kappa shape index (κ2) is 9.77. The van der Waals surface area contributed by atoms with Gasteiger partial charge in [0.15, 0.2) is 11.5 Å². The summed E-state index contributed by atoms with van der Waals surface area (Å²) in [5.41, 5.74) is 1.78. The molecule has 3 aromatic rings. The molecule has 0 spiro atoms. The topological polar surface area (TPSA) is 81.0 Å². The van der Waals surface area contributed by atoms with Gasteiger partial charge in [0.05, 0.1) is 20.6 Å². The molecule has 0 bridgehead atoms. The van der Waals surface area contributed by atoms with Crippen LogP contribution in [0.15, 0.2) is 46.9 Å². The number of nitrogens with one attached hydrogen (secondary N) is 1. The number of hydrogen-bond acceptors (Lipinski definition) is 5. The molecule has 0 atom stereocenters. The van der Waals surface area contributed by atoms with Crippen LogP contribution in [0.25, 0.3) is 11.0 Å². The molecule has 32 heavy (non-hydrogen) atoms. The van der Waals surface area contributed by atoms with E-state index in [1.54, 1.807) is 32.4 Å². The maximum atomic E-state index is 13.3. The van der Waals surface area contributed by atoms with Crippen LogP contribution in [0.3, 0.4) is 0 Å². The monoisotopic (exact) mass is 436 g/mol. The third-order valence-corrected chi connectivity index (χ3v) is 5.76. The van der Waals surface area contributed by atoms with Gasteiger partial charge in [-0.1, -0.05) is 31.0 Å². The highest BCUT2D eigenvalue weighted by molar-refractivity contribution is 6.11. The lowest BCUT2D eigenvalue weighted by Crippen LogP contribution is -2.32. The average Bonchev–Trinajstić information content (AvgIpc) is 2.98. The summed E-state index contributed by atoms with van der Waals surface area (Å²) < 4.78 is 16.5. The fourth-order valence-electron chi connectivity index (χ4n) is 4.10. The Morgan fingerprint density at radius 1 is 0.969 bits per heavy atom. The summed E-state index contributed by atoms with van der Waals surface area (Å²) in [4.78, 5) is 28.0. The largest absolute Gasteiger partial charge is 0.493 e. The lowest BCUT2D eigenvalue weighted by atomic mass is 10.1. The fraction of sp³-hybridized carbons (Fsp3) is 0.360. The Labute approximate surface area is 187 Å². The Morgan fingerprint density at radius 2 is 1.69 bits per heavy atom. The van der Waals surface area contributed by atoms with Crippen molar-refractivity contribution in [1.82, 2.24) is 4.90 Å². The van der Waals surface area contributed by atoms with Gasteiger partial charge in [-0.25, -0.2) is 0 Å². The molecular weight excluding hydrogens is 408 g/mol. The van der Waals surface area contributed by atoms with Crippen LogP contribution in [0.2, 0.25) is 0 Å². The van der Waals surface area contributed by atoms with Crippen molar-refractivity contribution >= 4 is 28.5 Å². The summed E-state index contributed by atoms with van der Waals surface area (Å²) >= 11 is 0. The number of anilines is 1. The van der Waals surface area contributed by atoms with E-state index in [0.717, 1.165) is 31.2 Å². The predicted octanol–water partition coefficient (Wildman–Crippen LogP) is 4.65. The average molecular weight is 437 g/mol. The van der Waals surface area contributed by atoms with Gasteiger partial charge in [0.25, 0.3) is 5.91 Å². The molecule has 0 unspecified atom stereocenters. The zero-order valence-electron chi connectivity index (χ0n) is 18.5. The van der Waals surface area contributed by atoms with Gasteiger partial charge < -0.3 is 24.1 Å². The summed E-state index contributed by atoms with van der Waals surface area (Å²) in [6.45, 7) is 1.41. The van der Waals surface area contributed by atoms with E-state index in [4.69, 9.17) is 13.9 Å². The first kappa shape index (κ1) is 21.7. The molecule has 0 aliphatic carbocycles. The number of likely N-dealkylation sites (tertiary alicyclic amines) is 1. The van der Waals surface area contributed by atoms with E-state index in [2.05, 4.69) is 5.32 Å². The summed E-state index contributed by atoms with van der Waals surface area (Å²) in [5.74, 6) is 0.929.